The first-order valence-corrected chi connectivity index (χ1v) is 13.4. The van der Waals surface area contributed by atoms with Gasteiger partial charge in [-0.2, -0.15) is 0 Å². The molecule has 0 bridgehead atoms. The molecule has 8 nitrogen and oxygen atoms in total. The molecule has 0 aliphatic rings. The Morgan fingerprint density at radius 3 is 1.25 bits per heavy atom. The second-order valence-electron chi connectivity index (χ2n) is 8.99. The van der Waals surface area contributed by atoms with E-state index in [1.54, 1.807) is 72.8 Å². The molecule has 0 spiro atoms. The van der Waals surface area contributed by atoms with E-state index in [0.29, 0.717) is 47.2 Å². The van der Waals surface area contributed by atoms with Crippen molar-refractivity contribution in [1.82, 2.24) is 9.97 Å². The zero-order valence-corrected chi connectivity index (χ0v) is 22.7. The lowest BCUT2D eigenvalue weighted by atomic mass is 10.2. The molecule has 40 heavy (non-hydrogen) atoms. The minimum atomic E-state index is -0.523. The van der Waals surface area contributed by atoms with Crippen LogP contribution in [0, 0.1) is 0 Å². The highest BCUT2D eigenvalue weighted by Crippen LogP contribution is 2.22. The lowest BCUT2D eigenvalue weighted by Crippen LogP contribution is -2.09. The largest absolute Gasteiger partial charge is 0.494 e. The summed E-state index contributed by atoms with van der Waals surface area (Å²) in [5.41, 5.74) is 1.69. The maximum Gasteiger partial charge on any atom is 0.345 e. The van der Waals surface area contributed by atoms with E-state index in [4.69, 9.17) is 18.9 Å². The third kappa shape index (κ3) is 8.14. The number of unbranched alkanes of at least 4 members (excludes halogenated alkanes) is 2. The molecule has 0 radical (unpaired) electrons. The molecule has 8 heteroatoms. The number of pyridine rings is 2. The van der Waals surface area contributed by atoms with E-state index in [1.165, 1.54) is 12.4 Å². The zero-order chi connectivity index (χ0) is 28.2. The first-order chi connectivity index (χ1) is 19.6. The average molecular weight is 541 g/mol. The molecule has 0 unspecified atom stereocenters. The molecule has 0 aliphatic heterocycles. The summed E-state index contributed by atoms with van der Waals surface area (Å²) >= 11 is 0. The summed E-state index contributed by atoms with van der Waals surface area (Å²) in [5, 5.41) is 0. The SMILES string of the molecule is CCCCOc1ccc(OC(=O)c2ccc(-c3ccc(C(=O)Oc4ccc(OCCCC)cc4)cn3)nc2)cc1. The van der Waals surface area contributed by atoms with Crippen molar-refractivity contribution in [2.45, 2.75) is 39.5 Å². The first kappa shape index (κ1) is 28.3. The van der Waals surface area contributed by atoms with Gasteiger partial charge in [0.15, 0.2) is 0 Å². The highest BCUT2D eigenvalue weighted by Gasteiger charge is 2.13. The number of ether oxygens (including phenoxy) is 4. The van der Waals surface area contributed by atoms with Crippen molar-refractivity contribution < 1.29 is 28.5 Å². The van der Waals surface area contributed by atoms with Crippen molar-refractivity contribution in [2.24, 2.45) is 0 Å². The van der Waals surface area contributed by atoms with Gasteiger partial charge in [-0.1, -0.05) is 26.7 Å². The van der Waals surface area contributed by atoms with Gasteiger partial charge in [0, 0.05) is 12.4 Å². The fourth-order valence-electron chi connectivity index (χ4n) is 3.54. The number of esters is 2. The van der Waals surface area contributed by atoms with Crippen LogP contribution in [0.4, 0.5) is 0 Å². The first-order valence-electron chi connectivity index (χ1n) is 13.4. The van der Waals surface area contributed by atoms with Gasteiger partial charge in [-0.3, -0.25) is 9.97 Å². The standard InChI is InChI=1S/C32H32N2O6/c1-3-5-19-37-25-9-13-27(14-10-25)39-31(35)23-7-17-29(33-21-23)30-18-8-24(22-34-30)32(36)40-28-15-11-26(12-16-28)38-20-6-4-2/h7-18,21-22H,3-6,19-20H2,1-2H3. The van der Waals surface area contributed by atoms with Crippen LogP contribution in [0.3, 0.4) is 0 Å². The Morgan fingerprint density at radius 2 is 0.925 bits per heavy atom. The molecule has 2 aromatic heterocycles. The number of benzene rings is 2. The summed E-state index contributed by atoms with van der Waals surface area (Å²) in [4.78, 5) is 33.7. The monoisotopic (exact) mass is 540 g/mol. The molecule has 206 valence electrons. The van der Waals surface area contributed by atoms with Crippen LogP contribution in [0.2, 0.25) is 0 Å². The van der Waals surface area contributed by atoms with Gasteiger partial charge in [0.1, 0.15) is 23.0 Å². The maximum atomic E-state index is 12.5. The van der Waals surface area contributed by atoms with E-state index in [9.17, 15) is 9.59 Å². The van der Waals surface area contributed by atoms with Crippen molar-refractivity contribution >= 4 is 11.9 Å². The molecule has 2 aromatic carbocycles. The second-order valence-corrected chi connectivity index (χ2v) is 8.99. The van der Waals surface area contributed by atoms with Crippen molar-refractivity contribution in [1.29, 1.82) is 0 Å². The van der Waals surface area contributed by atoms with Crippen molar-refractivity contribution in [3.63, 3.8) is 0 Å². The van der Waals surface area contributed by atoms with E-state index in [1.807, 2.05) is 0 Å². The molecular weight excluding hydrogens is 508 g/mol. The number of hydrogen-bond acceptors (Lipinski definition) is 8. The third-order valence-corrected chi connectivity index (χ3v) is 5.86. The Bertz CT molecular complexity index is 1260. The zero-order valence-electron chi connectivity index (χ0n) is 22.7. The van der Waals surface area contributed by atoms with Crippen LogP contribution in [0.1, 0.15) is 60.2 Å². The Labute approximate surface area is 233 Å². The summed E-state index contributed by atoms with van der Waals surface area (Å²) in [7, 11) is 0. The van der Waals surface area contributed by atoms with Gasteiger partial charge in [0.05, 0.1) is 35.7 Å². The normalized spacial score (nSPS) is 10.6. The molecule has 4 rings (SSSR count). The van der Waals surface area contributed by atoms with Gasteiger partial charge in [0.2, 0.25) is 0 Å². The quantitative estimate of drug-likeness (QED) is 0.102. The summed E-state index contributed by atoms with van der Waals surface area (Å²) in [6.45, 7) is 5.51. The molecule has 0 aliphatic carbocycles. The maximum absolute atomic E-state index is 12.5. The summed E-state index contributed by atoms with van der Waals surface area (Å²) in [5.74, 6) is 1.24. The van der Waals surface area contributed by atoms with Crippen LogP contribution in [0.25, 0.3) is 11.4 Å². The fourth-order valence-corrected chi connectivity index (χ4v) is 3.54. The molecule has 0 amide bonds. The molecule has 0 saturated heterocycles. The summed E-state index contributed by atoms with van der Waals surface area (Å²) < 4.78 is 22.1. The number of aromatic nitrogens is 2. The topological polar surface area (TPSA) is 96.8 Å². The number of rotatable bonds is 13. The predicted molar refractivity (Wildman–Crippen MR) is 151 cm³/mol. The van der Waals surface area contributed by atoms with Gasteiger partial charge in [-0.25, -0.2) is 9.59 Å². The lowest BCUT2D eigenvalue weighted by molar-refractivity contribution is 0.0724. The van der Waals surface area contributed by atoms with E-state index >= 15 is 0 Å². The molecule has 0 saturated carbocycles. The highest BCUT2D eigenvalue weighted by atomic mass is 16.5. The highest BCUT2D eigenvalue weighted by molar-refractivity contribution is 5.92. The molecule has 0 atom stereocenters. The molecule has 0 N–H and O–H groups in total. The number of carbonyl (C=O) groups excluding carboxylic acids is 2. The smallest absolute Gasteiger partial charge is 0.345 e. The van der Waals surface area contributed by atoms with Gasteiger partial charge in [-0.15, -0.1) is 0 Å². The summed E-state index contributed by atoms with van der Waals surface area (Å²) in [6.07, 6.45) is 6.94. The fraction of sp³-hybridized carbons (Fsp3) is 0.250. The lowest BCUT2D eigenvalue weighted by Gasteiger charge is -2.08. The van der Waals surface area contributed by atoms with Gasteiger partial charge >= 0.3 is 11.9 Å². The van der Waals surface area contributed by atoms with E-state index in [-0.39, 0.29) is 0 Å². The third-order valence-electron chi connectivity index (χ3n) is 5.86. The molecular formula is C32H32N2O6. The Hall–Kier alpha value is -4.72. The predicted octanol–water partition coefficient (Wildman–Crippen LogP) is 6.94. The van der Waals surface area contributed by atoms with Gasteiger partial charge in [-0.05, 0) is 85.6 Å². The second kappa shape index (κ2) is 14.4. The van der Waals surface area contributed by atoms with Crippen LogP contribution in [0.15, 0.2) is 85.2 Å². The van der Waals surface area contributed by atoms with Gasteiger partial charge in [0.25, 0.3) is 0 Å². The Kier molecular flexibility index (Phi) is 10.2. The van der Waals surface area contributed by atoms with Crippen molar-refractivity contribution in [3.05, 3.63) is 96.3 Å². The van der Waals surface area contributed by atoms with Crippen LogP contribution in [0.5, 0.6) is 23.0 Å². The van der Waals surface area contributed by atoms with Crippen molar-refractivity contribution in [3.8, 4) is 34.4 Å². The van der Waals surface area contributed by atoms with Crippen LogP contribution in [-0.4, -0.2) is 35.1 Å². The molecule has 4 aromatic rings. The average Bonchev–Trinajstić information content (AvgIpc) is 2.99. The minimum Gasteiger partial charge on any atom is -0.494 e. The van der Waals surface area contributed by atoms with Gasteiger partial charge < -0.3 is 18.9 Å². The minimum absolute atomic E-state index is 0.300. The summed E-state index contributed by atoms with van der Waals surface area (Å²) in [6, 6.07) is 20.4. The van der Waals surface area contributed by atoms with Crippen LogP contribution in [-0.2, 0) is 0 Å². The van der Waals surface area contributed by atoms with Crippen molar-refractivity contribution in [2.75, 3.05) is 13.2 Å². The Balaban J connectivity index is 1.30. The number of nitrogens with zero attached hydrogens (tertiary/aromatic N) is 2. The molecule has 0 fully saturated rings. The van der Waals surface area contributed by atoms with E-state index in [0.717, 1.165) is 37.2 Å². The number of hydrogen-bond donors (Lipinski definition) is 0. The Morgan fingerprint density at radius 1 is 0.550 bits per heavy atom. The van der Waals surface area contributed by atoms with E-state index in [2.05, 4.69) is 23.8 Å². The van der Waals surface area contributed by atoms with E-state index < -0.39 is 11.9 Å². The number of carbonyl (C=O) groups is 2. The molecule has 2 heterocycles. The van der Waals surface area contributed by atoms with Crippen LogP contribution < -0.4 is 18.9 Å². The van der Waals surface area contributed by atoms with Crippen LogP contribution >= 0.6 is 0 Å².